The summed E-state index contributed by atoms with van der Waals surface area (Å²) in [5.74, 6) is -1.10. The first kappa shape index (κ1) is 12.9. The van der Waals surface area contributed by atoms with E-state index >= 15 is 0 Å². The number of hydrogen-bond acceptors (Lipinski definition) is 4. The number of anilines is 1. The fourth-order valence-electron chi connectivity index (χ4n) is 3.38. The summed E-state index contributed by atoms with van der Waals surface area (Å²) in [6.07, 6.45) is 5.17. The Morgan fingerprint density at radius 2 is 2.26 bits per heavy atom. The molecule has 1 aromatic rings. The lowest BCUT2D eigenvalue weighted by Gasteiger charge is -2.27. The quantitative estimate of drug-likeness (QED) is 0.924. The van der Waals surface area contributed by atoms with Crippen molar-refractivity contribution >= 4 is 22.4 Å². The van der Waals surface area contributed by atoms with Crippen LogP contribution in [0, 0.1) is 0 Å². The third-order valence-electron chi connectivity index (χ3n) is 4.48. The summed E-state index contributed by atoms with van der Waals surface area (Å²) in [6.45, 7) is 4.47. The van der Waals surface area contributed by atoms with Crippen LogP contribution >= 0.6 is 11.3 Å². The van der Waals surface area contributed by atoms with Crippen molar-refractivity contribution in [3.05, 3.63) is 10.6 Å². The number of carboxylic acid groups (broad SMARTS) is 1. The van der Waals surface area contributed by atoms with Crippen molar-refractivity contribution in [2.45, 2.75) is 64.0 Å². The summed E-state index contributed by atoms with van der Waals surface area (Å²) in [7, 11) is 0. The first-order valence-corrected chi connectivity index (χ1v) is 7.94. The second-order valence-corrected chi connectivity index (χ2v) is 6.69. The first-order valence-electron chi connectivity index (χ1n) is 7.12. The second kappa shape index (κ2) is 4.78. The molecule has 0 radical (unpaired) electrons. The van der Waals surface area contributed by atoms with Gasteiger partial charge in [-0.1, -0.05) is 6.92 Å². The Kier molecular flexibility index (Phi) is 3.25. The molecule has 3 atom stereocenters. The van der Waals surface area contributed by atoms with E-state index in [1.807, 2.05) is 0 Å². The zero-order valence-corrected chi connectivity index (χ0v) is 12.2. The molecular formula is C14H20N2O2S. The van der Waals surface area contributed by atoms with Crippen molar-refractivity contribution < 1.29 is 9.90 Å². The van der Waals surface area contributed by atoms with Crippen molar-refractivity contribution in [1.29, 1.82) is 0 Å². The lowest BCUT2D eigenvalue weighted by atomic mass is 10.1. The van der Waals surface area contributed by atoms with Crippen molar-refractivity contribution in [2.24, 2.45) is 0 Å². The van der Waals surface area contributed by atoms with Crippen molar-refractivity contribution in [1.82, 2.24) is 4.98 Å². The van der Waals surface area contributed by atoms with E-state index in [0.717, 1.165) is 30.1 Å². The molecule has 5 heteroatoms. The van der Waals surface area contributed by atoms with Crippen LogP contribution in [-0.2, 0) is 11.2 Å². The fraction of sp³-hybridized carbons (Fsp3) is 0.714. The van der Waals surface area contributed by atoms with E-state index in [1.165, 1.54) is 17.7 Å². The molecule has 4 nitrogen and oxygen atoms in total. The molecule has 1 N–H and O–H groups in total. The number of carbonyl (C=O) groups is 1. The van der Waals surface area contributed by atoms with Gasteiger partial charge in [-0.3, -0.25) is 4.79 Å². The molecule has 1 aliphatic heterocycles. The molecule has 2 heterocycles. The predicted molar refractivity (Wildman–Crippen MR) is 76.1 cm³/mol. The maximum atomic E-state index is 11.2. The minimum atomic E-state index is -0.725. The van der Waals surface area contributed by atoms with Crippen molar-refractivity contribution in [2.75, 3.05) is 4.90 Å². The van der Waals surface area contributed by atoms with Gasteiger partial charge in [0.2, 0.25) is 0 Å². The Labute approximate surface area is 117 Å². The Bertz CT molecular complexity index is 500. The van der Waals surface area contributed by atoms with Gasteiger partial charge in [0, 0.05) is 17.0 Å². The van der Waals surface area contributed by atoms with Crippen LogP contribution < -0.4 is 4.90 Å². The van der Waals surface area contributed by atoms with Gasteiger partial charge in [0.05, 0.1) is 5.69 Å². The van der Waals surface area contributed by atoms with Gasteiger partial charge in [-0.05, 0) is 39.0 Å². The Balaban J connectivity index is 1.91. The third kappa shape index (κ3) is 2.04. The highest BCUT2D eigenvalue weighted by molar-refractivity contribution is 7.15. The zero-order chi connectivity index (χ0) is 13.6. The summed E-state index contributed by atoms with van der Waals surface area (Å²) in [5, 5.41) is 10.3. The number of fused-ring (bicyclic) bond motifs is 1. The molecule has 0 amide bonds. The number of carboxylic acids is 1. The Morgan fingerprint density at radius 1 is 1.47 bits per heavy atom. The van der Waals surface area contributed by atoms with Gasteiger partial charge in [0.15, 0.2) is 5.13 Å². The number of thiazole rings is 1. The lowest BCUT2D eigenvalue weighted by Crippen LogP contribution is -2.34. The molecule has 1 fully saturated rings. The lowest BCUT2D eigenvalue weighted by molar-refractivity contribution is -0.138. The third-order valence-corrected chi connectivity index (χ3v) is 5.63. The fourth-order valence-corrected chi connectivity index (χ4v) is 4.69. The van der Waals surface area contributed by atoms with E-state index in [0.29, 0.717) is 12.1 Å². The summed E-state index contributed by atoms with van der Waals surface area (Å²) in [5.41, 5.74) is 0.835. The summed E-state index contributed by atoms with van der Waals surface area (Å²) >= 11 is 1.71. The SMILES string of the molecule is CCC1CCC(C)N1c1nc2c(s1)CCC2C(=O)O. The van der Waals surface area contributed by atoms with Crippen molar-refractivity contribution in [3.8, 4) is 0 Å². The maximum Gasteiger partial charge on any atom is 0.312 e. The molecule has 2 aliphatic rings. The van der Waals surface area contributed by atoms with Crippen LogP contribution in [0.2, 0.25) is 0 Å². The van der Waals surface area contributed by atoms with Crippen LogP contribution in [0.1, 0.15) is 56.0 Å². The van der Waals surface area contributed by atoms with Gasteiger partial charge in [0.1, 0.15) is 5.92 Å². The van der Waals surface area contributed by atoms with Gasteiger partial charge < -0.3 is 10.0 Å². The number of aliphatic carboxylic acids is 1. The predicted octanol–water partition coefficient (Wildman–Crippen LogP) is 3.02. The average Bonchev–Trinajstić information content (AvgIpc) is 3.00. The monoisotopic (exact) mass is 280 g/mol. The van der Waals surface area contributed by atoms with Crippen LogP contribution in [-0.4, -0.2) is 28.1 Å². The van der Waals surface area contributed by atoms with Crippen LogP contribution in [0.15, 0.2) is 0 Å². The molecule has 3 rings (SSSR count). The van der Waals surface area contributed by atoms with Crippen LogP contribution in [0.5, 0.6) is 0 Å². The minimum absolute atomic E-state index is 0.377. The summed E-state index contributed by atoms with van der Waals surface area (Å²) in [6, 6.07) is 1.10. The van der Waals surface area contributed by atoms with Crippen LogP contribution in [0.4, 0.5) is 5.13 Å². The Morgan fingerprint density at radius 3 is 2.95 bits per heavy atom. The standard InChI is InChI=1S/C14H20N2O2S/c1-3-9-5-4-8(2)16(9)14-15-12-10(13(17)18)6-7-11(12)19-14/h8-10H,3-7H2,1-2H3,(H,17,18). The van der Waals surface area contributed by atoms with E-state index in [4.69, 9.17) is 0 Å². The smallest absolute Gasteiger partial charge is 0.312 e. The molecule has 19 heavy (non-hydrogen) atoms. The van der Waals surface area contributed by atoms with E-state index in [2.05, 4.69) is 23.7 Å². The molecule has 0 aromatic carbocycles. The zero-order valence-electron chi connectivity index (χ0n) is 11.4. The van der Waals surface area contributed by atoms with Crippen LogP contribution in [0.25, 0.3) is 0 Å². The number of hydrogen-bond donors (Lipinski definition) is 1. The molecule has 1 saturated heterocycles. The first-order chi connectivity index (χ1) is 9.11. The summed E-state index contributed by atoms with van der Waals surface area (Å²) < 4.78 is 0. The topological polar surface area (TPSA) is 53.4 Å². The molecule has 0 spiro atoms. The van der Waals surface area contributed by atoms with E-state index < -0.39 is 5.97 Å². The van der Waals surface area contributed by atoms with Gasteiger partial charge in [-0.25, -0.2) is 4.98 Å². The highest BCUT2D eigenvalue weighted by Gasteiger charge is 2.36. The molecule has 0 bridgehead atoms. The maximum absolute atomic E-state index is 11.2. The largest absolute Gasteiger partial charge is 0.481 e. The van der Waals surface area contributed by atoms with E-state index in [-0.39, 0.29) is 5.92 Å². The number of aromatic nitrogens is 1. The van der Waals surface area contributed by atoms with Crippen LogP contribution in [0.3, 0.4) is 0 Å². The minimum Gasteiger partial charge on any atom is -0.481 e. The molecular weight excluding hydrogens is 260 g/mol. The Hall–Kier alpha value is -1.10. The summed E-state index contributed by atoms with van der Waals surface area (Å²) in [4.78, 5) is 19.5. The normalized spacial score (nSPS) is 29.8. The average molecular weight is 280 g/mol. The number of rotatable bonds is 3. The van der Waals surface area contributed by atoms with Gasteiger partial charge in [0.25, 0.3) is 0 Å². The number of nitrogens with zero attached hydrogens (tertiary/aromatic N) is 2. The second-order valence-electron chi connectivity index (χ2n) is 5.63. The molecule has 0 saturated carbocycles. The van der Waals surface area contributed by atoms with Crippen molar-refractivity contribution in [3.63, 3.8) is 0 Å². The van der Waals surface area contributed by atoms with E-state index in [9.17, 15) is 9.90 Å². The number of aryl methyl sites for hydroxylation is 1. The molecule has 104 valence electrons. The van der Waals surface area contributed by atoms with E-state index in [1.54, 1.807) is 11.3 Å². The molecule has 3 unspecified atom stereocenters. The highest BCUT2D eigenvalue weighted by Crippen LogP contribution is 2.42. The molecule has 1 aromatic heterocycles. The van der Waals surface area contributed by atoms with Gasteiger partial charge in [-0.2, -0.15) is 0 Å². The molecule has 1 aliphatic carbocycles. The highest BCUT2D eigenvalue weighted by atomic mass is 32.1. The van der Waals surface area contributed by atoms with Gasteiger partial charge in [-0.15, -0.1) is 11.3 Å². The van der Waals surface area contributed by atoms with Gasteiger partial charge >= 0.3 is 5.97 Å².